The van der Waals surface area contributed by atoms with Gasteiger partial charge in [0.2, 0.25) is 0 Å². The number of carbonyl (C=O) groups is 2. The third-order valence-electron chi connectivity index (χ3n) is 1.94. The van der Waals surface area contributed by atoms with E-state index in [4.69, 9.17) is 11.6 Å². The molecule has 0 heterocycles. The first-order valence-corrected chi connectivity index (χ1v) is 4.10. The second-order valence-electron chi connectivity index (χ2n) is 3.11. The summed E-state index contributed by atoms with van der Waals surface area (Å²) in [7, 11) is 0. The van der Waals surface area contributed by atoms with E-state index in [1.807, 2.05) is 5.43 Å². The number of rotatable bonds is 4. The fraction of sp³-hybridized carbons (Fsp3) is 0.714. The number of primary amides is 1. The van der Waals surface area contributed by atoms with Crippen LogP contribution in [0.2, 0.25) is 0 Å². The van der Waals surface area contributed by atoms with Crippen molar-refractivity contribution in [1.29, 1.82) is 0 Å². The summed E-state index contributed by atoms with van der Waals surface area (Å²) in [5, 5.41) is 0. The van der Waals surface area contributed by atoms with Gasteiger partial charge in [-0.1, -0.05) is 12.8 Å². The maximum atomic E-state index is 11.0. The van der Waals surface area contributed by atoms with Gasteiger partial charge in [-0.2, -0.15) is 0 Å². The van der Waals surface area contributed by atoms with Crippen molar-refractivity contribution in [1.82, 2.24) is 5.43 Å². The molecule has 2 amide bonds. The second kappa shape index (κ2) is 4.08. The Morgan fingerprint density at radius 3 is 2.54 bits per heavy atom. The molecule has 0 aromatic carbocycles. The minimum atomic E-state index is -0.950. The summed E-state index contributed by atoms with van der Waals surface area (Å²) >= 11 is 0. The van der Waals surface area contributed by atoms with Crippen LogP contribution in [-0.4, -0.2) is 18.1 Å². The fourth-order valence-corrected chi connectivity index (χ4v) is 1.10. The summed E-state index contributed by atoms with van der Waals surface area (Å²) in [4.78, 5) is 21.5. The molecular formula is C7H13N3O3. The van der Waals surface area contributed by atoms with Crippen molar-refractivity contribution in [2.45, 2.75) is 25.4 Å². The Kier molecular flexibility index (Phi) is 3.07. The zero-order chi connectivity index (χ0) is 9.84. The number of carbonyl (C=O) groups excluding carboxylic acids is 2. The number of nitrogens with one attached hydrogen (secondary N) is 1. The summed E-state index contributed by atoms with van der Waals surface area (Å²) in [6.45, 7) is 0. The molecule has 0 spiro atoms. The molecular weight excluding hydrogens is 174 g/mol. The summed E-state index contributed by atoms with van der Waals surface area (Å²) in [6.07, 6.45) is 0.850. The van der Waals surface area contributed by atoms with Crippen LogP contribution in [0.3, 0.4) is 0 Å². The van der Waals surface area contributed by atoms with Crippen molar-refractivity contribution in [3.63, 3.8) is 0 Å². The molecule has 0 saturated heterocycles. The zero-order valence-electron chi connectivity index (χ0n) is 7.16. The van der Waals surface area contributed by atoms with Crippen LogP contribution in [0.5, 0.6) is 0 Å². The van der Waals surface area contributed by atoms with Gasteiger partial charge in [0.1, 0.15) is 0 Å². The summed E-state index contributed by atoms with van der Waals surface area (Å²) < 4.78 is 4.60. The Labute approximate surface area is 75.6 Å². The number of amides is 2. The standard InChI is InChI=1S/C7H13N3O3/c8-7(12)13-5(6(11)10-9)3-4-1-2-4/h4-5H,1-3,9H2,(H2,8,12)(H,10,11)/t5-/m0/s1. The smallest absolute Gasteiger partial charge is 0.405 e. The van der Waals surface area contributed by atoms with E-state index < -0.39 is 18.1 Å². The number of hydrogen-bond donors (Lipinski definition) is 3. The van der Waals surface area contributed by atoms with Crippen molar-refractivity contribution in [2.24, 2.45) is 17.5 Å². The Bertz CT molecular complexity index is 215. The van der Waals surface area contributed by atoms with Crippen LogP contribution in [0.25, 0.3) is 0 Å². The van der Waals surface area contributed by atoms with Crippen LogP contribution in [0.1, 0.15) is 19.3 Å². The predicted molar refractivity (Wildman–Crippen MR) is 44.1 cm³/mol. The average Bonchev–Trinajstić information content (AvgIpc) is 2.85. The first kappa shape index (κ1) is 9.79. The highest BCUT2D eigenvalue weighted by Crippen LogP contribution is 2.34. The van der Waals surface area contributed by atoms with Gasteiger partial charge >= 0.3 is 6.09 Å². The number of nitrogens with two attached hydrogens (primary N) is 2. The second-order valence-corrected chi connectivity index (χ2v) is 3.11. The van der Waals surface area contributed by atoms with Gasteiger partial charge in [-0.15, -0.1) is 0 Å². The lowest BCUT2D eigenvalue weighted by Gasteiger charge is -2.13. The van der Waals surface area contributed by atoms with Crippen LogP contribution in [0, 0.1) is 5.92 Å². The van der Waals surface area contributed by atoms with Crippen LogP contribution in [0.4, 0.5) is 4.79 Å². The Hall–Kier alpha value is -1.30. The lowest BCUT2D eigenvalue weighted by Crippen LogP contribution is -2.42. The molecule has 1 saturated carbocycles. The van der Waals surface area contributed by atoms with E-state index in [-0.39, 0.29) is 0 Å². The van der Waals surface area contributed by atoms with Gasteiger partial charge in [-0.05, 0) is 12.3 Å². The molecule has 1 fully saturated rings. The molecule has 0 aromatic heterocycles. The summed E-state index contributed by atoms with van der Waals surface area (Å²) in [5.74, 6) is 4.86. The van der Waals surface area contributed by atoms with Crippen molar-refractivity contribution < 1.29 is 14.3 Å². The Morgan fingerprint density at radius 1 is 1.54 bits per heavy atom. The molecule has 0 aromatic rings. The molecule has 0 radical (unpaired) electrons. The molecule has 1 aliphatic rings. The van der Waals surface area contributed by atoms with E-state index in [1.54, 1.807) is 0 Å². The third kappa shape index (κ3) is 3.29. The highest BCUT2D eigenvalue weighted by Gasteiger charge is 2.31. The van der Waals surface area contributed by atoms with Gasteiger partial charge in [-0.3, -0.25) is 10.2 Å². The topological polar surface area (TPSA) is 107 Å². The van der Waals surface area contributed by atoms with E-state index in [9.17, 15) is 9.59 Å². The van der Waals surface area contributed by atoms with Gasteiger partial charge in [0.15, 0.2) is 6.10 Å². The maximum absolute atomic E-state index is 11.0. The van der Waals surface area contributed by atoms with Gasteiger partial charge in [0, 0.05) is 0 Å². The third-order valence-corrected chi connectivity index (χ3v) is 1.94. The molecule has 6 nitrogen and oxygen atoms in total. The van der Waals surface area contributed by atoms with E-state index in [2.05, 4.69) is 4.74 Å². The minimum Gasteiger partial charge on any atom is -0.436 e. The first-order valence-electron chi connectivity index (χ1n) is 4.10. The van der Waals surface area contributed by atoms with Gasteiger partial charge in [0.25, 0.3) is 5.91 Å². The fourth-order valence-electron chi connectivity index (χ4n) is 1.10. The maximum Gasteiger partial charge on any atom is 0.405 e. The molecule has 1 aliphatic carbocycles. The van der Waals surface area contributed by atoms with Gasteiger partial charge in [-0.25, -0.2) is 10.6 Å². The van der Waals surface area contributed by atoms with Crippen LogP contribution >= 0.6 is 0 Å². The molecule has 0 unspecified atom stereocenters. The monoisotopic (exact) mass is 187 g/mol. The first-order chi connectivity index (χ1) is 6.13. The van der Waals surface area contributed by atoms with E-state index in [0.29, 0.717) is 12.3 Å². The quantitative estimate of drug-likeness (QED) is 0.305. The lowest BCUT2D eigenvalue weighted by atomic mass is 10.2. The summed E-state index contributed by atoms with van der Waals surface area (Å²) in [5.41, 5.74) is 6.73. The Balaban J connectivity index is 2.41. The average molecular weight is 187 g/mol. The van der Waals surface area contributed by atoms with Crippen molar-refractivity contribution in [3.05, 3.63) is 0 Å². The molecule has 74 valence electrons. The van der Waals surface area contributed by atoms with Crippen molar-refractivity contribution >= 4 is 12.0 Å². The van der Waals surface area contributed by atoms with Crippen LogP contribution in [0.15, 0.2) is 0 Å². The number of hydrogen-bond acceptors (Lipinski definition) is 4. The SMILES string of the molecule is NNC(=O)[C@H](CC1CC1)OC(N)=O. The number of ether oxygens (including phenoxy) is 1. The van der Waals surface area contributed by atoms with Gasteiger partial charge < -0.3 is 10.5 Å². The Morgan fingerprint density at radius 2 is 2.15 bits per heavy atom. The highest BCUT2D eigenvalue weighted by atomic mass is 16.6. The lowest BCUT2D eigenvalue weighted by molar-refractivity contribution is -0.130. The molecule has 6 heteroatoms. The highest BCUT2D eigenvalue weighted by molar-refractivity contribution is 5.82. The summed E-state index contributed by atoms with van der Waals surface area (Å²) in [6, 6.07) is 0. The largest absolute Gasteiger partial charge is 0.436 e. The predicted octanol–water partition coefficient (Wildman–Crippen LogP) is -0.760. The van der Waals surface area contributed by atoms with Crippen LogP contribution in [-0.2, 0) is 9.53 Å². The van der Waals surface area contributed by atoms with Crippen molar-refractivity contribution in [3.8, 4) is 0 Å². The number of hydrazine groups is 1. The molecule has 0 aliphatic heterocycles. The molecule has 1 atom stereocenters. The normalized spacial score (nSPS) is 17.6. The van der Waals surface area contributed by atoms with Crippen LogP contribution < -0.4 is 17.0 Å². The molecule has 5 N–H and O–H groups in total. The van der Waals surface area contributed by atoms with E-state index in [0.717, 1.165) is 12.8 Å². The zero-order valence-corrected chi connectivity index (χ0v) is 7.16. The van der Waals surface area contributed by atoms with Crippen molar-refractivity contribution in [2.75, 3.05) is 0 Å². The molecule has 1 rings (SSSR count). The molecule has 0 bridgehead atoms. The molecule has 13 heavy (non-hydrogen) atoms. The minimum absolute atomic E-state index is 0.460. The van der Waals surface area contributed by atoms with E-state index >= 15 is 0 Å². The van der Waals surface area contributed by atoms with Gasteiger partial charge in [0.05, 0.1) is 0 Å². The van der Waals surface area contributed by atoms with E-state index in [1.165, 1.54) is 0 Å².